The van der Waals surface area contributed by atoms with Crippen molar-refractivity contribution in [2.45, 2.75) is 39.2 Å². The Labute approximate surface area is 286 Å². The molecule has 0 saturated carbocycles. The fraction of sp³-hybridized carbons (Fsp3) is 0.485. The van der Waals surface area contributed by atoms with Crippen LogP contribution in [0.3, 0.4) is 0 Å². The Kier molecular flexibility index (Phi) is 11.3. The first-order valence-electron chi connectivity index (χ1n) is 15.9. The average Bonchev–Trinajstić information content (AvgIpc) is 3.06. The summed E-state index contributed by atoms with van der Waals surface area (Å²) >= 11 is 6.31. The number of hydrogen-bond acceptors (Lipinski definition) is 10. The number of ether oxygens (including phenoxy) is 2. The van der Waals surface area contributed by atoms with Crippen LogP contribution < -0.4 is 24.6 Å². The summed E-state index contributed by atoms with van der Waals surface area (Å²) in [5, 5.41) is 6.85. The van der Waals surface area contributed by atoms with Crippen LogP contribution >= 0.6 is 11.6 Å². The molecule has 3 heterocycles. The standard InChI is InChI=1S/C33H45ClN8O4S/c1-33(2,3)46-32(43)42-18-16-40(17-19-42)22-23-12-14-41(15-13-23)24-10-11-27(29(20-24)45-5)37-31-35-21-25(34)30(38-31)36-26-8-6-7-9-28(26)39(4)47-44/h6-11,20-21,23,47H,12-19,22H2,1-5H3,(H2,35,36,37,38). The molecule has 1 aromatic heterocycles. The molecule has 3 aromatic rings. The summed E-state index contributed by atoms with van der Waals surface area (Å²) in [6.07, 6.45) is 3.53. The Hall–Kier alpha value is -3.81. The number of piperazine rings is 1. The predicted octanol–water partition coefficient (Wildman–Crippen LogP) is 5.69. The van der Waals surface area contributed by atoms with E-state index < -0.39 is 5.60 Å². The van der Waals surface area contributed by atoms with Crippen LogP contribution in [0.5, 0.6) is 5.75 Å². The molecule has 0 bridgehead atoms. The minimum Gasteiger partial charge on any atom is -0.494 e. The van der Waals surface area contributed by atoms with Crippen molar-refractivity contribution in [3.63, 3.8) is 0 Å². The maximum absolute atomic E-state index is 12.4. The zero-order valence-corrected chi connectivity index (χ0v) is 29.4. The summed E-state index contributed by atoms with van der Waals surface area (Å²) in [4.78, 5) is 28.1. The molecule has 2 aromatic carbocycles. The number of aromatic nitrogens is 2. The number of nitrogens with zero attached hydrogens (tertiary/aromatic N) is 6. The van der Waals surface area contributed by atoms with Crippen LogP contribution in [0.2, 0.25) is 5.02 Å². The minimum absolute atomic E-state index is 0.132. The molecule has 0 unspecified atom stereocenters. The lowest BCUT2D eigenvalue weighted by Crippen LogP contribution is -2.51. The molecule has 1 amide bonds. The maximum Gasteiger partial charge on any atom is 0.410 e. The van der Waals surface area contributed by atoms with Crippen molar-refractivity contribution in [3.05, 3.63) is 53.7 Å². The summed E-state index contributed by atoms with van der Waals surface area (Å²) in [6, 6.07) is 13.6. The number of piperidine rings is 1. The molecule has 2 N–H and O–H groups in total. The number of para-hydroxylation sites is 2. The molecular weight excluding hydrogens is 640 g/mol. The Morgan fingerprint density at radius 3 is 2.45 bits per heavy atom. The van der Waals surface area contributed by atoms with Gasteiger partial charge < -0.3 is 29.9 Å². The molecule has 47 heavy (non-hydrogen) atoms. The highest BCUT2D eigenvalue weighted by atomic mass is 35.5. The van der Waals surface area contributed by atoms with E-state index in [1.54, 1.807) is 18.5 Å². The van der Waals surface area contributed by atoms with Crippen molar-refractivity contribution < 1.29 is 18.5 Å². The molecule has 0 atom stereocenters. The highest BCUT2D eigenvalue weighted by Crippen LogP contribution is 2.35. The largest absolute Gasteiger partial charge is 0.494 e. The quantitative estimate of drug-likeness (QED) is 0.230. The highest BCUT2D eigenvalue weighted by Gasteiger charge is 2.28. The molecule has 254 valence electrons. The van der Waals surface area contributed by atoms with E-state index in [2.05, 4.69) is 36.5 Å². The van der Waals surface area contributed by atoms with Crippen LogP contribution in [-0.4, -0.2) is 95.6 Å². The third-order valence-corrected chi connectivity index (χ3v) is 9.06. The van der Waals surface area contributed by atoms with E-state index in [0.717, 1.165) is 62.6 Å². The summed E-state index contributed by atoms with van der Waals surface area (Å²) < 4.78 is 24.3. The van der Waals surface area contributed by atoms with Crippen LogP contribution in [0.4, 0.5) is 39.3 Å². The number of amides is 1. The van der Waals surface area contributed by atoms with Crippen LogP contribution in [0.15, 0.2) is 48.7 Å². The molecule has 12 nitrogen and oxygen atoms in total. The van der Waals surface area contributed by atoms with Crippen LogP contribution in [0.1, 0.15) is 33.6 Å². The topological polar surface area (TPSA) is 115 Å². The van der Waals surface area contributed by atoms with Crippen molar-refractivity contribution in [1.82, 2.24) is 19.8 Å². The van der Waals surface area contributed by atoms with Gasteiger partial charge in [0.25, 0.3) is 0 Å². The molecule has 2 fully saturated rings. The molecule has 2 aliphatic heterocycles. The first kappa shape index (κ1) is 34.5. The van der Waals surface area contributed by atoms with Gasteiger partial charge in [-0.2, -0.15) is 4.98 Å². The maximum atomic E-state index is 12.4. The second-order valence-electron chi connectivity index (χ2n) is 12.8. The third kappa shape index (κ3) is 9.17. The van der Waals surface area contributed by atoms with Gasteiger partial charge in [-0.1, -0.05) is 23.7 Å². The van der Waals surface area contributed by atoms with E-state index in [-0.39, 0.29) is 17.9 Å². The number of halogens is 1. The Morgan fingerprint density at radius 2 is 1.77 bits per heavy atom. The number of rotatable bonds is 10. The normalized spacial score (nSPS) is 16.1. The third-order valence-electron chi connectivity index (χ3n) is 8.32. The van der Waals surface area contributed by atoms with Crippen LogP contribution in [0.25, 0.3) is 0 Å². The molecule has 2 aliphatic rings. The van der Waals surface area contributed by atoms with Crippen molar-refractivity contribution in [3.8, 4) is 5.75 Å². The SMILES string of the molecule is COc1cc(N2CCC(CN3CCN(C(=O)OC(C)(C)C)CC3)CC2)ccc1Nc1ncc(Cl)c(Nc2ccccc2N(C)[SH]=O)n1. The van der Waals surface area contributed by atoms with Crippen molar-refractivity contribution in [2.75, 3.05) is 79.8 Å². The van der Waals surface area contributed by atoms with Gasteiger partial charge in [0.1, 0.15) is 28.2 Å². The van der Waals surface area contributed by atoms with E-state index in [1.165, 1.54) is 6.20 Å². The van der Waals surface area contributed by atoms with E-state index in [4.69, 9.17) is 21.1 Å². The van der Waals surface area contributed by atoms with Gasteiger partial charge in [-0.05, 0) is 63.8 Å². The Balaban J connectivity index is 1.16. The molecular formula is C33H45ClN8O4S. The van der Waals surface area contributed by atoms with E-state index in [0.29, 0.717) is 47.2 Å². The van der Waals surface area contributed by atoms with Gasteiger partial charge in [0.05, 0.1) is 30.4 Å². The fourth-order valence-corrected chi connectivity index (χ4v) is 6.23. The van der Waals surface area contributed by atoms with Crippen molar-refractivity contribution in [2.24, 2.45) is 5.92 Å². The second kappa shape index (κ2) is 15.4. The Bertz CT molecular complexity index is 1540. The van der Waals surface area contributed by atoms with Gasteiger partial charge in [-0.15, -0.1) is 0 Å². The van der Waals surface area contributed by atoms with Gasteiger partial charge in [-0.25, -0.2) is 14.0 Å². The number of anilines is 6. The predicted molar refractivity (Wildman–Crippen MR) is 190 cm³/mol. The number of thiol groups is 1. The number of carbonyl (C=O) groups is 1. The van der Waals surface area contributed by atoms with Gasteiger partial charge in [0, 0.05) is 64.6 Å². The summed E-state index contributed by atoms with van der Waals surface area (Å²) in [6.45, 7) is 11.9. The van der Waals surface area contributed by atoms with Gasteiger partial charge in [0.15, 0.2) is 5.82 Å². The molecule has 0 spiro atoms. The molecule has 14 heteroatoms. The van der Waals surface area contributed by atoms with Gasteiger partial charge >= 0.3 is 6.09 Å². The zero-order chi connectivity index (χ0) is 33.6. The smallest absolute Gasteiger partial charge is 0.410 e. The van der Waals surface area contributed by atoms with Crippen LogP contribution in [-0.2, 0) is 16.6 Å². The lowest BCUT2D eigenvalue weighted by molar-refractivity contribution is 0.0130. The second-order valence-corrected chi connectivity index (χ2v) is 14.0. The van der Waals surface area contributed by atoms with Crippen LogP contribution in [0, 0.1) is 5.92 Å². The number of carbonyl (C=O) groups excluding carboxylic acids is 1. The molecule has 5 rings (SSSR count). The number of methoxy groups -OCH3 is 1. The van der Waals surface area contributed by atoms with Gasteiger partial charge in [-0.3, -0.25) is 9.21 Å². The number of benzene rings is 2. The monoisotopic (exact) mass is 684 g/mol. The highest BCUT2D eigenvalue weighted by molar-refractivity contribution is 7.67. The lowest BCUT2D eigenvalue weighted by Gasteiger charge is -2.39. The average molecular weight is 685 g/mol. The molecule has 2 saturated heterocycles. The Morgan fingerprint density at radius 1 is 1.04 bits per heavy atom. The van der Waals surface area contributed by atoms with Crippen molar-refractivity contribution in [1.29, 1.82) is 0 Å². The molecule has 0 radical (unpaired) electrons. The summed E-state index contributed by atoms with van der Waals surface area (Å²) in [7, 11) is 3.37. The fourth-order valence-electron chi connectivity index (χ4n) is 5.83. The van der Waals surface area contributed by atoms with E-state index >= 15 is 0 Å². The zero-order valence-electron chi connectivity index (χ0n) is 27.7. The lowest BCUT2D eigenvalue weighted by atomic mass is 9.95. The molecule has 0 aliphatic carbocycles. The summed E-state index contributed by atoms with van der Waals surface area (Å²) in [5.74, 6) is 2.07. The van der Waals surface area contributed by atoms with E-state index in [9.17, 15) is 9.00 Å². The number of nitrogens with one attached hydrogen (secondary N) is 2. The number of hydrogen-bond donors (Lipinski definition) is 3. The summed E-state index contributed by atoms with van der Waals surface area (Å²) in [5.41, 5.74) is 2.80. The van der Waals surface area contributed by atoms with Gasteiger partial charge in [0.2, 0.25) is 5.95 Å². The van der Waals surface area contributed by atoms with E-state index in [1.807, 2.05) is 62.1 Å². The first-order chi connectivity index (χ1) is 22.5. The first-order valence-corrected chi connectivity index (χ1v) is 17.0. The minimum atomic E-state index is -0.471. The van der Waals surface area contributed by atoms with Crippen molar-refractivity contribution >= 4 is 64.1 Å².